The van der Waals surface area contributed by atoms with Crippen molar-refractivity contribution in [2.45, 2.75) is 13.3 Å². The molecule has 0 bridgehead atoms. The second-order valence-electron chi connectivity index (χ2n) is 2.84. The van der Waals surface area contributed by atoms with E-state index in [9.17, 15) is 4.79 Å². The van der Waals surface area contributed by atoms with Gasteiger partial charge in [0.05, 0.1) is 22.8 Å². The van der Waals surface area contributed by atoms with E-state index >= 15 is 0 Å². The predicted octanol–water partition coefficient (Wildman–Crippen LogP) is 1.94. The van der Waals surface area contributed by atoms with Gasteiger partial charge in [0.25, 0.3) is 0 Å². The molecular formula is C9H9NO2S. The Kier molecular flexibility index (Phi) is 2.14. The van der Waals surface area contributed by atoms with Gasteiger partial charge in [-0.3, -0.25) is 4.79 Å². The van der Waals surface area contributed by atoms with E-state index in [0.717, 1.165) is 17.0 Å². The Bertz CT molecular complexity index is 367. The molecule has 2 rings (SSSR count). The van der Waals surface area contributed by atoms with Crippen LogP contribution >= 0.6 is 11.3 Å². The molecule has 1 aromatic rings. The minimum Gasteiger partial charge on any atom is -0.500 e. The summed E-state index contributed by atoms with van der Waals surface area (Å²) in [4.78, 5) is 16.4. The number of ether oxygens (including phenoxy) is 1. The minimum atomic E-state index is 0.0584. The van der Waals surface area contributed by atoms with Gasteiger partial charge in [0, 0.05) is 18.2 Å². The first kappa shape index (κ1) is 8.44. The monoisotopic (exact) mass is 195 g/mol. The van der Waals surface area contributed by atoms with E-state index in [2.05, 4.69) is 4.98 Å². The van der Waals surface area contributed by atoms with Crippen LogP contribution in [0.1, 0.15) is 21.1 Å². The number of carbonyl (C=O) groups excluding carboxylic acids is 1. The van der Waals surface area contributed by atoms with E-state index < -0.39 is 0 Å². The Labute approximate surface area is 80.1 Å². The summed E-state index contributed by atoms with van der Waals surface area (Å²) in [7, 11) is 0. The zero-order valence-electron chi connectivity index (χ0n) is 7.24. The van der Waals surface area contributed by atoms with Gasteiger partial charge in [-0.2, -0.15) is 0 Å². The van der Waals surface area contributed by atoms with Crippen molar-refractivity contribution in [2.75, 3.05) is 6.61 Å². The lowest BCUT2D eigenvalue weighted by molar-refractivity contribution is 0.103. The van der Waals surface area contributed by atoms with E-state index in [1.54, 1.807) is 12.5 Å². The van der Waals surface area contributed by atoms with Crippen molar-refractivity contribution in [3.05, 3.63) is 27.9 Å². The van der Waals surface area contributed by atoms with E-state index in [0.29, 0.717) is 11.5 Å². The Balaban J connectivity index is 2.22. The van der Waals surface area contributed by atoms with Crippen LogP contribution in [0.15, 0.2) is 18.0 Å². The number of carbonyl (C=O) groups is 1. The molecule has 0 N–H and O–H groups in total. The molecular weight excluding hydrogens is 186 g/mol. The molecule has 0 fully saturated rings. The minimum absolute atomic E-state index is 0.0584. The number of aromatic nitrogens is 1. The Morgan fingerprint density at radius 1 is 1.69 bits per heavy atom. The zero-order valence-corrected chi connectivity index (χ0v) is 8.06. The molecule has 0 aromatic carbocycles. The number of hydrogen-bond donors (Lipinski definition) is 0. The van der Waals surface area contributed by atoms with Crippen molar-refractivity contribution in [3.63, 3.8) is 0 Å². The number of ketones is 1. The molecule has 0 radical (unpaired) electrons. The highest BCUT2D eigenvalue weighted by Gasteiger charge is 2.18. The van der Waals surface area contributed by atoms with Gasteiger partial charge >= 0.3 is 0 Å². The fourth-order valence-corrected chi connectivity index (χ4v) is 1.93. The van der Waals surface area contributed by atoms with E-state index in [1.807, 2.05) is 6.92 Å². The first-order valence-electron chi connectivity index (χ1n) is 4.05. The molecule has 13 heavy (non-hydrogen) atoms. The van der Waals surface area contributed by atoms with E-state index in [4.69, 9.17) is 4.74 Å². The molecule has 68 valence electrons. The third-order valence-electron chi connectivity index (χ3n) is 1.85. The number of aryl methyl sites for hydroxylation is 1. The van der Waals surface area contributed by atoms with Gasteiger partial charge in [-0.05, 0) is 6.92 Å². The molecule has 1 aromatic heterocycles. The van der Waals surface area contributed by atoms with Crippen molar-refractivity contribution in [3.8, 4) is 0 Å². The molecule has 0 aliphatic carbocycles. The zero-order chi connectivity index (χ0) is 9.26. The van der Waals surface area contributed by atoms with Crippen LogP contribution in [0.3, 0.4) is 0 Å². The van der Waals surface area contributed by atoms with Crippen LogP contribution in [0, 0.1) is 6.92 Å². The van der Waals surface area contributed by atoms with Crippen molar-refractivity contribution >= 4 is 17.1 Å². The number of hydrogen-bond acceptors (Lipinski definition) is 4. The van der Waals surface area contributed by atoms with Gasteiger partial charge in [0.15, 0.2) is 0 Å². The lowest BCUT2D eigenvalue weighted by Crippen LogP contribution is -1.98. The maximum atomic E-state index is 11.7. The number of Topliss-reactive ketones (excluding diaryl/α,β-unsaturated/α-hetero) is 1. The van der Waals surface area contributed by atoms with Crippen LogP contribution < -0.4 is 0 Å². The maximum Gasteiger partial charge on any atom is 0.203 e. The largest absolute Gasteiger partial charge is 0.500 e. The SMILES string of the molecule is Cc1ncc(C(=O)C2=COCC2)s1. The first-order valence-corrected chi connectivity index (χ1v) is 4.87. The highest BCUT2D eigenvalue weighted by atomic mass is 32.1. The summed E-state index contributed by atoms with van der Waals surface area (Å²) in [5.74, 6) is 0.0584. The van der Waals surface area contributed by atoms with Gasteiger partial charge in [-0.15, -0.1) is 11.3 Å². The summed E-state index contributed by atoms with van der Waals surface area (Å²) in [6.07, 6.45) is 3.90. The summed E-state index contributed by atoms with van der Waals surface area (Å²) >= 11 is 1.43. The van der Waals surface area contributed by atoms with Crippen molar-refractivity contribution in [2.24, 2.45) is 0 Å². The molecule has 0 atom stereocenters. The molecule has 1 aliphatic rings. The van der Waals surface area contributed by atoms with Gasteiger partial charge in [-0.1, -0.05) is 0 Å². The predicted molar refractivity (Wildman–Crippen MR) is 49.8 cm³/mol. The second kappa shape index (κ2) is 3.30. The molecule has 1 aliphatic heterocycles. The van der Waals surface area contributed by atoms with Crippen molar-refractivity contribution in [1.82, 2.24) is 4.98 Å². The number of thiazole rings is 1. The quantitative estimate of drug-likeness (QED) is 0.677. The fraction of sp³-hybridized carbons (Fsp3) is 0.333. The lowest BCUT2D eigenvalue weighted by Gasteiger charge is -1.92. The van der Waals surface area contributed by atoms with Crippen LogP contribution in [0.5, 0.6) is 0 Å². The van der Waals surface area contributed by atoms with Crippen LogP contribution in [-0.4, -0.2) is 17.4 Å². The summed E-state index contributed by atoms with van der Waals surface area (Å²) < 4.78 is 5.01. The normalized spacial score (nSPS) is 15.3. The number of nitrogens with zero attached hydrogens (tertiary/aromatic N) is 1. The van der Waals surface area contributed by atoms with Gasteiger partial charge < -0.3 is 4.74 Å². The standard InChI is InChI=1S/C9H9NO2S/c1-6-10-4-8(13-6)9(11)7-2-3-12-5-7/h4-5H,2-3H2,1H3. The van der Waals surface area contributed by atoms with Gasteiger partial charge in [0.2, 0.25) is 5.78 Å². The molecule has 0 saturated carbocycles. The average molecular weight is 195 g/mol. The lowest BCUT2D eigenvalue weighted by atomic mass is 10.1. The van der Waals surface area contributed by atoms with E-state index in [1.165, 1.54) is 11.3 Å². The third-order valence-corrected chi connectivity index (χ3v) is 2.76. The first-order chi connectivity index (χ1) is 6.27. The molecule has 4 heteroatoms. The number of rotatable bonds is 2. The Morgan fingerprint density at radius 2 is 2.54 bits per heavy atom. The van der Waals surface area contributed by atoms with Crippen LogP contribution in [-0.2, 0) is 4.74 Å². The molecule has 0 saturated heterocycles. The molecule has 0 amide bonds. The van der Waals surface area contributed by atoms with E-state index in [-0.39, 0.29) is 5.78 Å². The molecule has 0 unspecified atom stereocenters. The van der Waals surface area contributed by atoms with Crippen LogP contribution in [0.4, 0.5) is 0 Å². The van der Waals surface area contributed by atoms with Crippen LogP contribution in [0.25, 0.3) is 0 Å². The summed E-state index contributed by atoms with van der Waals surface area (Å²) in [5, 5.41) is 0.919. The topological polar surface area (TPSA) is 39.2 Å². The highest BCUT2D eigenvalue weighted by Crippen LogP contribution is 2.20. The fourth-order valence-electron chi connectivity index (χ4n) is 1.18. The highest BCUT2D eigenvalue weighted by molar-refractivity contribution is 7.13. The third kappa shape index (κ3) is 1.62. The molecule has 3 nitrogen and oxygen atoms in total. The summed E-state index contributed by atoms with van der Waals surface area (Å²) in [5.41, 5.74) is 0.753. The molecule has 0 spiro atoms. The van der Waals surface area contributed by atoms with Crippen molar-refractivity contribution in [1.29, 1.82) is 0 Å². The average Bonchev–Trinajstić information content (AvgIpc) is 2.72. The van der Waals surface area contributed by atoms with Gasteiger partial charge in [0.1, 0.15) is 0 Å². The maximum absolute atomic E-state index is 11.7. The Morgan fingerprint density at radius 3 is 3.08 bits per heavy atom. The van der Waals surface area contributed by atoms with Gasteiger partial charge in [-0.25, -0.2) is 4.98 Å². The summed E-state index contributed by atoms with van der Waals surface area (Å²) in [6.45, 7) is 2.51. The summed E-state index contributed by atoms with van der Waals surface area (Å²) in [6, 6.07) is 0. The van der Waals surface area contributed by atoms with Crippen molar-refractivity contribution < 1.29 is 9.53 Å². The second-order valence-corrected chi connectivity index (χ2v) is 4.07. The Hall–Kier alpha value is -1.16. The van der Waals surface area contributed by atoms with Crippen LogP contribution in [0.2, 0.25) is 0 Å². The smallest absolute Gasteiger partial charge is 0.203 e. The molecule has 2 heterocycles.